The minimum Gasteiger partial charge on any atom is -0.462 e. The van der Waals surface area contributed by atoms with Crippen LogP contribution in [0.2, 0.25) is 0 Å². The van der Waals surface area contributed by atoms with Gasteiger partial charge in [-0.2, -0.15) is 0 Å². The summed E-state index contributed by atoms with van der Waals surface area (Å²) in [5.41, 5.74) is 0. The molecular formula is C57H92O5. The Labute approximate surface area is 382 Å². The van der Waals surface area contributed by atoms with Crippen LogP contribution in [0.3, 0.4) is 0 Å². The molecule has 0 N–H and O–H groups in total. The molecule has 0 aromatic rings. The third-order valence-electron chi connectivity index (χ3n) is 9.98. The quantitative estimate of drug-likeness (QED) is 0.0347. The molecule has 1 atom stereocenters. The highest BCUT2D eigenvalue weighted by molar-refractivity contribution is 5.70. The van der Waals surface area contributed by atoms with E-state index in [9.17, 15) is 9.59 Å². The summed E-state index contributed by atoms with van der Waals surface area (Å²) in [7, 11) is 0. The first-order chi connectivity index (χ1) is 30.6. The highest BCUT2D eigenvalue weighted by atomic mass is 16.6. The Morgan fingerprint density at radius 3 is 1.24 bits per heavy atom. The van der Waals surface area contributed by atoms with Gasteiger partial charge >= 0.3 is 11.9 Å². The Balaban J connectivity index is 4.42. The Hall–Kier alpha value is -3.70. The third kappa shape index (κ3) is 49.0. The molecule has 0 aromatic carbocycles. The van der Waals surface area contributed by atoms with Crippen molar-refractivity contribution >= 4 is 11.9 Å². The van der Waals surface area contributed by atoms with E-state index in [2.05, 4.69) is 136 Å². The molecule has 0 fully saturated rings. The fraction of sp³-hybridized carbons (Fsp3) is 0.614. The molecule has 1 unspecified atom stereocenters. The SMILES string of the molecule is CC/C=C\C/C=C\C/C=C\C/C=C\C/C=C\CCCCCCOCC(COC(=O)CC/C=C\C/C=C\C/C=C\C/C=C\CC)OC(=O)CCCCCCC/C=C\CCCCCC. The van der Waals surface area contributed by atoms with E-state index in [1.165, 1.54) is 44.9 Å². The Bertz CT molecular complexity index is 1290. The zero-order valence-electron chi connectivity index (χ0n) is 40.1. The number of rotatable bonds is 44. The molecule has 0 amide bonds. The second-order valence-corrected chi connectivity index (χ2v) is 15.9. The number of hydrogen-bond acceptors (Lipinski definition) is 5. The molecule has 5 nitrogen and oxygen atoms in total. The van der Waals surface area contributed by atoms with Crippen LogP contribution in [-0.4, -0.2) is 37.9 Å². The van der Waals surface area contributed by atoms with Gasteiger partial charge in [0.05, 0.1) is 6.61 Å². The van der Waals surface area contributed by atoms with E-state index in [1.54, 1.807) is 0 Å². The molecule has 0 spiro atoms. The fourth-order valence-electron chi connectivity index (χ4n) is 6.31. The number of unbranched alkanes of at least 4 members (excludes halogenated alkanes) is 13. The van der Waals surface area contributed by atoms with E-state index >= 15 is 0 Å². The third-order valence-corrected chi connectivity index (χ3v) is 9.98. The number of ether oxygens (including phenoxy) is 3. The van der Waals surface area contributed by atoms with Gasteiger partial charge in [0, 0.05) is 19.4 Å². The topological polar surface area (TPSA) is 61.8 Å². The molecule has 0 aliphatic heterocycles. The van der Waals surface area contributed by atoms with Crippen molar-refractivity contribution in [2.45, 2.75) is 207 Å². The Morgan fingerprint density at radius 2 is 0.758 bits per heavy atom. The number of carbonyl (C=O) groups is 2. The molecule has 62 heavy (non-hydrogen) atoms. The first-order valence-corrected chi connectivity index (χ1v) is 25.1. The summed E-state index contributed by atoms with van der Waals surface area (Å²) >= 11 is 0. The maximum Gasteiger partial charge on any atom is 0.306 e. The minimum absolute atomic E-state index is 0.0259. The summed E-state index contributed by atoms with van der Waals surface area (Å²) in [5.74, 6) is -0.525. The zero-order chi connectivity index (χ0) is 44.9. The predicted octanol–water partition coefficient (Wildman–Crippen LogP) is 17.0. The number of carbonyl (C=O) groups excluding carboxylic acids is 2. The van der Waals surface area contributed by atoms with Crippen molar-refractivity contribution in [1.82, 2.24) is 0 Å². The average Bonchev–Trinajstić information content (AvgIpc) is 3.27. The van der Waals surface area contributed by atoms with Gasteiger partial charge in [-0.3, -0.25) is 9.59 Å². The molecule has 0 rings (SSSR count). The maximum absolute atomic E-state index is 12.8. The number of hydrogen-bond donors (Lipinski definition) is 0. The maximum atomic E-state index is 12.8. The van der Waals surface area contributed by atoms with Gasteiger partial charge in [-0.15, -0.1) is 0 Å². The van der Waals surface area contributed by atoms with Crippen LogP contribution in [0.15, 0.2) is 122 Å². The smallest absolute Gasteiger partial charge is 0.306 e. The molecule has 350 valence electrons. The lowest BCUT2D eigenvalue weighted by atomic mass is 10.1. The predicted molar refractivity (Wildman–Crippen MR) is 269 cm³/mol. The standard InChI is InChI=1S/C57H92O5/c1-4-7-10-13-16-19-22-25-26-27-28-29-30-31-34-37-40-43-46-49-52-60-53-55(62-57(59)51-48-45-42-39-36-33-24-21-18-15-12-9-6-3)54-61-56(58)50-47-44-41-38-35-32-23-20-17-14-11-8-5-2/h7-8,10-11,16-17,19-21,24-26,28-29,31-32,34-35,41,44,55H,4-6,9,12-15,18,22-23,27,30,33,36-40,42-43,45-54H2,1-3H3/b10-7-,11-8-,19-16-,20-17-,24-21-,26-25-,29-28-,34-31-,35-32-,44-41-. The number of allylic oxidation sites excluding steroid dienone is 20. The summed E-state index contributed by atoms with van der Waals surface area (Å²) in [6, 6.07) is 0. The Morgan fingerprint density at radius 1 is 0.371 bits per heavy atom. The summed E-state index contributed by atoms with van der Waals surface area (Å²) in [5, 5.41) is 0. The van der Waals surface area contributed by atoms with Crippen molar-refractivity contribution in [3.63, 3.8) is 0 Å². The van der Waals surface area contributed by atoms with E-state index in [0.717, 1.165) is 116 Å². The molecule has 0 aliphatic rings. The highest BCUT2D eigenvalue weighted by Gasteiger charge is 2.17. The van der Waals surface area contributed by atoms with E-state index in [1.807, 2.05) is 6.08 Å². The van der Waals surface area contributed by atoms with Crippen LogP contribution in [0, 0.1) is 0 Å². The largest absolute Gasteiger partial charge is 0.462 e. The Kier molecular flexibility index (Phi) is 48.6. The van der Waals surface area contributed by atoms with Gasteiger partial charge in [0.2, 0.25) is 0 Å². The van der Waals surface area contributed by atoms with Crippen molar-refractivity contribution in [2.75, 3.05) is 19.8 Å². The lowest BCUT2D eigenvalue weighted by Crippen LogP contribution is -2.30. The summed E-state index contributed by atoms with van der Waals surface area (Å²) < 4.78 is 17.3. The fourth-order valence-corrected chi connectivity index (χ4v) is 6.31. The first-order valence-electron chi connectivity index (χ1n) is 25.1. The second kappa shape index (κ2) is 51.6. The monoisotopic (exact) mass is 857 g/mol. The minimum atomic E-state index is -0.590. The van der Waals surface area contributed by atoms with E-state index in [4.69, 9.17) is 14.2 Å². The van der Waals surface area contributed by atoms with Crippen molar-refractivity contribution in [3.05, 3.63) is 122 Å². The summed E-state index contributed by atoms with van der Waals surface area (Å²) in [6.07, 6.45) is 72.2. The van der Waals surface area contributed by atoms with Gasteiger partial charge < -0.3 is 14.2 Å². The molecule has 0 aliphatic carbocycles. The van der Waals surface area contributed by atoms with Gasteiger partial charge in [-0.25, -0.2) is 0 Å². The van der Waals surface area contributed by atoms with Crippen molar-refractivity contribution in [3.8, 4) is 0 Å². The molecule has 0 radical (unpaired) electrons. The van der Waals surface area contributed by atoms with Crippen LogP contribution in [0.25, 0.3) is 0 Å². The molecule has 0 heterocycles. The molecule has 0 saturated carbocycles. The molecular weight excluding hydrogens is 765 g/mol. The van der Waals surface area contributed by atoms with Crippen LogP contribution >= 0.6 is 0 Å². The van der Waals surface area contributed by atoms with Gasteiger partial charge in [0.25, 0.3) is 0 Å². The summed E-state index contributed by atoms with van der Waals surface area (Å²) in [6.45, 7) is 7.42. The van der Waals surface area contributed by atoms with Crippen LogP contribution in [0.5, 0.6) is 0 Å². The van der Waals surface area contributed by atoms with Crippen molar-refractivity contribution in [1.29, 1.82) is 0 Å². The van der Waals surface area contributed by atoms with Crippen LogP contribution in [0.4, 0.5) is 0 Å². The second-order valence-electron chi connectivity index (χ2n) is 15.9. The average molecular weight is 857 g/mol. The van der Waals surface area contributed by atoms with Crippen molar-refractivity contribution < 1.29 is 23.8 Å². The lowest BCUT2D eigenvalue weighted by Gasteiger charge is -2.18. The van der Waals surface area contributed by atoms with Gasteiger partial charge in [-0.1, -0.05) is 194 Å². The van der Waals surface area contributed by atoms with Gasteiger partial charge in [0.1, 0.15) is 6.61 Å². The van der Waals surface area contributed by atoms with Crippen molar-refractivity contribution in [2.24, 2.45) is 0 Å². The van der Waals surface area contributed by atoms with Crippen LogP contribution in [-0.2, 0) is 23.8 Å². The highest BCUT2D eigenvalue weighted by Crippen LogP contribution is 2.11. The first kappa shape index (κ1) is 58.3. The number of esters is 2. The molecule has 0 saturated heterocycles. The van der Waals surface area contributed by atoms with Crippen LogP contribution < -0.4 is 0 Å². The summed E-state index contributed by atoms with van der Waals surface area (Å²) in [4.78, 5) is 25.3. The van der Waals surface area contributed by atoms with Crippen LogP contribution in [0.1, 0.15) is 201 Å². The zero-order valence-corrected chi connectivity index (χ0v) is 40.1. The molecule has 0 bridgehead atoms. The van der Waals surface area contributed by atoms with E-state index < -0.39 is 6.10 Å². The van der Waals surface area contributed by atoms with E-state index in [0.29, 0.717) is 25.9 Å². The van der Waals surface area contributed by atoms with E-state index in [-0.39, 0.29) is 25.2 Å². The lowest BCUT2D eigenvalue weighted by molar-refractivity contribution is -0.162. The molecule has 0 aromatic heterocycles. The van der Waals surface area contributed by atoms with Gasteiger partial charge in [0.15, 0.2) is 6.10 Å². The normalized spacial score (nSPS) is 13.3. The van der Waals surface area contributed by atoms with Gasteiger partial charge in [-0.05, 0) is 116 Å². The molecule has 5 heteroatoms.